The van der Waals surface area contributed by atoms with Gasteiger partial charge in [-0.15, -0.1) is 5.10 Å². The number of nitrogens with zero attached hydrogens (tertiary/aromatic N) is 4. The van der Waals surface area contributed by atoms with Gasteiger partial charge in [0.25, 0.3) is 5.91 Å². The molecule has 3 rings (SSSR count). The van der Waals surface area contributed by atoms with E-state index in [0.717, 1.165) is 12.1 Å². The van der Waals surface area contributed by atoms with Crippen LogP contribution in [0.1, 0.15) is 29.0 Å². The van der Waals surface area contributed by atoms with E-state index < -0.39 is 29.3 Å². The zero-order valence-electron chi connectivity index (χ0n) is 13.0. The average molecular weight is 357 g/mol. The minimum absolute atomic E-state index is 0.156. The van der Waals surface area contributed by atoms with Gasteiger partial charge in [-0.25, -0.2) is 9.07 Å². The molecule has 1 saturated heterocycles. The summed E-state index contributed by atoms with van der Waals surface area (Å²) >= 11 is 0. The average Bonchev–Trinajstić information content (AvgIpc) is 2.99. The normalized spacial score (nSPS) is 18.4. The van der Waals surface area contributed by atoms with Crippen molar-refractivity contribution in [2.45, 2.75) is 25.1 Å². The Morgan fingerprint density at radius 3 is 2.72 bits per heavy atom. The van der Waals surface area contributed by atoms with Crippen molar-refractivity contribution < 1.29 is 22.4 Å². The molecule has 1 aromatic carbocycles. The van der Waals surface area contributed by atoms with Crippen molar-refractivity contribution >= 4 is 5.91 Å². The first-order valence-electron chi connectivity index (χ1n) is 7.61. The summed E-state index contributed by atoms with van der Waals surface area (Å²) < 4.78 is 54.4. The molecular formula is C15H15F4N5O. The highest BCUT2D eigenvalue weighted by molar-refractivity contribution is 5.93. The Morgan fingerprint density at radius 2 is 2.08 bits per heavy atom. The lowest BCUT2D eigenvalue weighted by molar-refractivity contribution is -0.143. The van der Waals surface area contributed by atoms with Crippen LogP contribution in [0.25, 0.3) is 5.69 Å². The number of benzene rings is 1. The molecule has 0 aliphatic carbocycles. The number of piperidine rings is 1. The Morgan fingerprint density at radius 1 is 1.32 bits per heavy atom. The minimum Gasteiger partial charge on any atom is -0.336 e. The first-order valence-corrected chi connectivity index (χ1v) is 7.61. The fourth-order valence-corrected chi connectivity index (χ4v) is 2.81. The smallest absolute Gasteiger partial charge is 0.336 e. The first kappa shape index (κ1) is 17.3. The van der Waals surface area contributed by atoms with Gasteiger partial charge in [0, 0.05) is 19.1 Å². The Balaban J connectivity index is 2.04. The number of hydrogen-bond acceptors (Lipinski definition) is 4. The Kier molecular flexibility index (Phi) is 4.46. The summed E-state index contributed by atoms with van der Waals surface area (Å²) in [4.78, 5) is 13.7. The lowest BCUT2D eigenvalue weighted by atomic mass is 10.1. The highest BCUT2D eigenvalue weighted by atomic mass is 19.4. The molecule has 6 nitrogen and oxygen atoms in total. The number of hydrogen-bond donors (Lipinski definition) is 1. The van der Waals surface area contributed by atoms with Crippen LogP contribution in [0, 0.1) is 5.82 Å². The SMILES string of the molecule is NC1CCCN(C(=O)c2nnn(-c3cccc(F)c3)c2C(F)(F)F)C1. The standard InChI is InChI=1S/C15H15F4N5O/c16-9-3-1-5-11(7-9)24-13(15(17,18)19)12(21-22-24)14(25)23-6-2-4-10(20)8-23/h1,3,5,7,10H,2,4,6,8,20H2. The Labute approximate surface area is 140 Å². The van der Waals surface area contributed by atoms with Gasteiger partial charge in [0.15, 0.2) is 11.4 Å². The predicted molar refractivity (Wildman–Crippen MR) is 79.4 cm³/mol. The summed E-state index contributed by atoms with van der Waals surface area (Å²) in [6, 6.07) is 4.19. The van der Waals surface area contributed by atoms with Gasteiger partial charge in [-0.3, -0.25) is 4.79 Å². The third-order valence-corrected chi connectivity index (χ3v) is 3.94. The molecule has 1 atom stereocenters. The van der Waals surface area contributed by atoms with E-state index in [-0.39, 0.29) is 18.3 Å². The molecule has 1 fully saturated rings. The molecule has 1 unspecified atom stereocenters. The van der Waals surface area contributed by atoms with Crippen molar-refractivity contribution in [1.29, 1.82) is 0 Å². The number of nitrogens with two attached hydrogens (primary N) is 1. The first-order chi connectivity index (χ1) is 11.8. The van der Waals surface area contributed by atoms with Crippen molar-refractivity contribution in [1.82, 2.24) is 19.9 Å². The number of aromatic nitrogens is 3. The maximum Gasteiger partial charge on any atom is 0.435 e. The molecule has 2 aromatic rings. The fraction of sp³-hybridized carbons (Fsp3) is 0.400. The fourth-order valence-electron chi connectivity index (χ4n) is 2.81. The molecule has 1 amide bonds. The summed E-state index contributed by atoms with van der Waals surface area (Å²) in [5.41, 5.74) is 3.46. The third kappa shape index (κ3) is 3.48. The van der Waals surface area contributed by atoms with Gasteiger partial charge in [0.05, 0.1) is 5.69 Å². The molecule has 1 aliphatic heterocycles. The maximum atomic E-state index is 13.5. The highest BCUT2D eigenvalue weighted by Gasteiger charge is 2.43. The molecule has 10 heteroatoms. The van der Waals surface area contributed by atoms with Crippen molar-refractivity contribution in [3.05, 3.63) is 41.5 Å². The summed E-state index contributed by atoms with van der Waals surface area (Å²) in [5.74, 6) is -1.61. The number of carbonyl (C=O) groups is 1. The van der Waals surface area contributed by atoms with E-state index in [2.05, 4.69) is 10.3 Å². The van der Waals surface area contributed by atoms with Gasteiger partial charge >= 0.3 is 6.18 Å². The number of likely N-dealkylation sites (tertiary alicyclic amines) is 1. The largest absolute Gasteiger partial charge is 0.435 e. The maximum absolute atomic E-state index is 13.5. The van der Waals surface area contributed by atoms with Crippen LogP contribution in [0.5, 0.6) is 0 Å². The van der Waals surface area contributed by atoms with Crippen LogP contribution in [-0.2, 0) is 6.18 Å². The van der Waals surface area contributed by atoms with Crippen LogP contribution in [0.2, 0.25) is 0 Å². The van der Waals surface area contributed by atoms with Crippen LogP contribution in [-0.4, -0.2) is 44.9 Å². The Bertz CT molecular complexity index is 788. The lowest BCUT2D eigenvalue weighted by Gasteiger charge is -2.30. The van der Waals surface area contributed by atoms with Gasteiger partial charge in [-0.05, 0) is 31.0 Å². The number of alkyl halides is 3. The molecule has 25 heavy (non-hydrogen) atoms. The topological polar surface area (TPSA) is 77.0 Å². The summed E-state index contributed by atoms with van der Waals surface area (Å²) in [7, 11) is 0. The van der Waals surface area contributed by atoms with Gasteiger partial charge in [-0.2, -0.15) is 13.2 Å². The molecular weight excluding hydrogens is 342 g/mol. The summed E-state index contributed by atoms with van der Waals surface area (Å²) in [5, 5.41) is 6.86. The number of carbonyl (C=O) groups excluding carboxylic acids is 1. The molecule has 1 aliphatic rings. The second kappa shape index (κ2) is 6.43. The third-order valence-electron chi connectivity index (χ3n) is 3.94. The van der Waals surface area contributed by atoms with E-state index in [1.807, 2.05) is 0 Å². The lowest BCUT2D eigenvalue weighted by Crippen LogP contribution is -2.46. The molecule has 0 spiro atoms. The quantitative estimate of drug-likeness (QED) is 0.834. The van der Waals surface area contributed by atoms with Crippen LogP contribution in [0.3, 0.4) is 0 Å². The van der Waals surface area contributed by atoms with E-state index in [9.17, 15) is 22.4 Å². The van der Waals surface area contributed by atoms with Crippen LogP contribution in [0.4, 0.5) is 17.6 Å². The van der Waals surface area contributed by atoms with Gasteiger partial charge in [0.2, 0.25) is 0 Å². The van der Waals surface area contributed by atoms with E-state index in [0.29, 0.717) is 24.1 Å². The number of halogens is 4. The number of rotatable bonds is 2. The number of amides is 1. The molecule has 2 heterocycles. The van der Waals surface area contributed by atoms with Crippen molar-refractivity contribution in [3.8, 4) is 5.69 Å². The van der Waals surface area contributed by atoms with E-state index >= 15 is 0 Å². The predicted octanol–water partition coefficient (Wildman–Crippen LogP) is 1.99. The highest BCUT2D eigenvalue weighted by Crippen LogP contribution is 2.33. The monoisotopic (exact) mass is 357 g/mol. The van der Waals surface area contributed by atoms with Crippen LogP contribution in [0.15, 0.2) is 24.3 Å². The van der Waals surface area contributed by atoms with Gasteiger partial charge in [-0.1, -0.05) is 11.3 Å². The summed E-state index contributed by atoms with van der Waals surface area (Å²) in [6.45, 7) is 0.458. The molecule has 0 radical (unpaired) electrons. The molecule has 134 valence electrons. The van der Waals surface area contributed by atoms with Crippen molar-refractivity contribution in [2.75, 3.05) is 13.1 Å². The molecule has 0 saturated carbocycles. The van der Waals surface area contributed by atoms with Crippen LogP contribution >= 0.6 is 0 Å². The van der Waals surface area contributed by atoms with Crippen LogP contribution < -0.4 is 5.73 Å². The van der Waals surface area contributed by atoms with E-state index in [1.54, 1.807) is 0 Å². The summed E-state index contributed by atoms with van der Waals surface area (Å²) in [6.07, 6.45) is -3.59. The second-order valence-corrected chi connectivity index (χ2v) is 5.83. The second-order valence-electron chi connectivity index (χ2n) is 5.83. The van der Waals surface area contributed by atoms with E-state index in [4.69, 9.17) is 5.73 Å². The van der Waals surface area contributed by atoms with Gasteiger partial charge < -0.3 is 10.6 Å². The van der Waals surface area contributed by atoms with E-state index in [1.165, 1.54) is 17.0 Å². The zero-order chi connectivity index (χ0) is 18.2. The molecule has 1 aromatic heterocycles. The van der Waals surface area contributed by atoms with Gasteiger partial charge in [0.1, 0.15) is 5.82 Å². The molecule has 2 N–H and O–H groups in total. The minimum atomic E-state index is -4.89. The molecule has 0 bridgehead atoms. The van der Waals surface area contributed by atoms with Crippen molar-refractivity contribution in [2.24, 2.45) is 5.73 Å². The van der Waals surface area contributed by atoms with Crippen molar-refractivity contribution in [3.63, 3.8) is 0 Å². The zero-order valence-corrected chi connectivity index (χ0v) is 13.0. The Hall–Kier alpha value is -2.49.